The van der Waals surface area contributed by atoms with E-state index in [4.69, 9.17) is 5.73 Å². The molecule has 1 aromatic heterocycles. The number of benzene rings is 1. The van der Waals surface area contributed by atoms with E-state index in [0.29, 0.717) is 6.04 Å². The lowest BCUT2D eigenvalue weighted by molar-refractivity contribution is 0.181. The molecule has 0 aliphatic carbocycles. The van der Waals surface area contributed by atoms with E-state index in [1.807, 2.05) is 18.2 Å². The van der Waals surface area contributed by atoms with E-state index in [0.717, 1.165) is 48.5 Å². The molecule has 3 N–H and O–H groups in total. The first-order chi connectivity index (χ1) is 10.2. The SMILES string of the molecule is CCCN1CCC(n2c(CO)nc3cc(N)ccc32)CC1. The summed E-state index contributed by atoms with van der Waals surface area (Å²) in [6.45, 7) is 5.63. The molecule has 1 fully saturated rings. The zero-order valence-electron chi connectivity index (χ0n) is 12.6. The third-order valence-corrected chi connectivity index (χ3v) is 4.39. The molecule has 2 heterocycles. The lowest BCUT2D eigenvalue weighted by Crippen LogP contribution is -2.35. The fourth-order valence-electron chi connectivity index (χ4n) is 3.40. The van der Waals surface area contributed by atoms with Crippen molar-refractivity contribution in [3.63, 3.8) is 0 Å². The summed E-state index contributed by atoms with van der Waals surface area (Å²) in [5.41, 5.74) is 8.52. The highest BCUT2D eigenvalue weighted by atomic mass is 16.3. The lowest BCUT2D eigenvalue weighted by Gasteiger charge is -2.33. The van der Waals surface area contributed by atoms with E-state index in [1.165, 1.54) is 13.0 Å². The predicted octanol–water partition coefficient (Wildman–Crippen LogP) is 2.16. The van der Waals surface area contributed by atoms with Crippen molar-refractivity contribution >= 4 is 16.7 Å². The molecular formula is C16H24N4O. The van der Waals surface area contributed by atoms with Gasteiger partial charge in [-0.15, -0.1) is 0 Å². The third kappa shape index (κ3) is 2.76. The molecule has 5 heteroatoms. The summed E-state index contributed by atoms with van der Waals surface area (Å²) < 4.78 is 2.22. The van der Waals surface area contributed by atoms with E-state index in [9.17, 15) is 5.11 Å². The molecular weight excluding hydrogens is 264 g/mol. The van der Waals surface area contributed by atoms with Gasteiger partial charge < -0.3 is 20.3 Å². The van der Waals surface area contributed by atoms with Crippen LogP contribution in [0.25, 0.3) is 11.0 Å². The molecule has 0 saturated carbocycles. The Morgan fingerprint density at radius 3 is 2.76 bits per heavy atom. The number of nitrogens with two attached hydrogens (primary N) is 1. The molecule has 0 bridgehead atoms. The second kappa shape index (κ2) is 6.03. The molecule has 1 aromatic carbocycles. The number of hydrogen-bond acceptors (Lipinski definition) is 4. The average Bonchev–Trinajstić information content (AvgIpc) is 2.86. The number of anilines is 1. The van der Waals surface area contributed by atoms with Gasteiger partial charge in [0.2, 0.25) is 0 Å². The largest absolute Gasteiger partial charge is 0.399 e. The molecule has 5 nitrogen and oxygen atoms in total. The van der Waals surface area contributed by atoms with Crippen LogP contribution < -0.4 is 5.73 Å². The second-order valence-corrected chi connectivity index (χ2v) is 5.88. The Balaban J connectivity index is 1.89. The Morgan fingerprint density at radius 1 is 1.33 bits per heavy atom. The first-order valence-electron chi connectivity index (χ1n) is 7.82. The number of fused-ring (bicyclic) bond motifs is 1. The van der Waals surface area contributed by atoms with Gasteiger partial charge in [-0.05, 0) is 44.0 Å². The summed E-state index contributed by atoms with van der Waals surface area (Å²) in [6.07, 6.45) is 3.44. The zero-order chi connectivity index (χ0) is 14.8. The van der Waals surface area contributed by atoms with Crippen LogP contribution >= 0.6 is 0 Å². The number of rotatable bonds is 4. The summed E-state index contributed by atoms with van der Waals surface area (Å²) >= 11 is 0. The van der Waals surface area contributed by atoms with Gasteiger partial charge in [0.1, 0.15) is 12.4 Å². The number of hydrogen-bond donors (Lipinski definition) is 2. The van der Waals surface area contributed by atoms with E-state index >= 15 is 0 Å². The molecule has 3 rings (SSSR count). The molecule has 0 atom stereocenters. The van der Waals surface area contributed by atoms with Crippen LogP contribution in [0.3, 0.4) is 0 Å². The van der Waals surface area contributed by atoms with Gasteiger partial charge in [0, 0.05) is 24.8 Å². The van der Waals surface area contributed by atoms with Crippen molar-refractivity contribution in [1.82, 2.24) is 14.5 Å². The first-order valence-corrected chi connectivity index (χ1v) is 7.82. The minimum absolute atomic E-state index is 0.0240. The molecule has 1 aliphatic rings. The summed E-state index contributed by atoms with van der Waals surface area (Å²) in [4.78, 5) is 7.06. The number of aliphatic hydroxyl groups excluding tert-OH is 1. The monoisotopic (exact) mass is 288 g/mol. The van der Waals surface area contributed by atoms with Crippen LogP contribution in [0.1, 0.15) is 38.1 Å². The van der Waals surface area contributed by atoms with Gasteiger partial charge in [0.25, 0.3) is 0 Å². The summed E-state index contributed by atoms with van der Waals surface area (Å²) in [5, 5.41) is 9.63. The molecule has 1 saturated heterocycles. The van der Waals surface area contributed by atoms with Crippen molar-refractivity contribution < 1.29 is 5.11 Å². The van der Waals surface area contributed by atoms with E-state index in [-0.39, 0.29) is 6.61 Å². The number of likely N-dealkylation sites (tertiary alicyclic amines) is 1. The smallest absolute Gasteiger partial charge is 0.135 e. The standard InChI is InChI=1S/C16H24N4O/c1-2-7-19-8-5-13(6-9-19)20-15-4-3-12(17)10-14(15)18-16(20)11-21/h3-4,10,13,21H,2,5-9,11,17H2,1H3. The van der Waals surface area contributed by atoms with Crippen LogP contribution in [0.2, 0.25) is 0 Å². The Kier molecular flexibility index (Phi) is 4.12. The lowest BCUT2D eigenvalue weighted by atomic mass is 10.0. The van der Waals surface area contributed by atoms with E-state index < -0.39 is 0 Å². The molecule has 1 aliphatic heterocycles. The maximum absolute atomic E-state index is 9.63. The number of imidazole rings is 1. The Morgan fingerprint density at radius 2 is 2.10 bits per heavy atom. The van der Waals surface area contributed by atoms with E-state index in [1.54, 1.807) is 0 Å². The van der Waals surface area contributed by atoms with Gasteiger partial charge >= 0.3 is 0 Å². The molecule has 0 amide bonds. The van der Waals surface area contributed by atoms with Gasteiger partial charge in [-0.2, -0.15) is 0 Å². The molecule has 114 valence electrons. The fraction of sp³-hybridized carbons (Fsp3) is 0.562. The van der Waals surface area contributed by atoms with Gasteiger partial charge in [0.05, 0.1) is 11.0 Å². The van der Waals surface area contributed by atoms with Crippen molar-refractivity contribution in [3.8, 4) is 0 Å². The summed E-state index contributed by atoms with van der Waals surface area (Å²) in [5.74, 6) is 0.754. The topological polar surface area (TPSA) is 67.3 Å². The fourth-order valence-corrected chi connectivity index (χ4v) is 3.40. The maximum Gasteiger partial charge on any atom is 0.135 e. The number of piperidine rings is 1. The van der Waals surface area contributed by atoms with Crippen LogP contribution in [0.5, 0.6) is 0 Å². The Bertz CT molecular complexity index is 614. The van der Waals surface area contributed by atoms with Gasteiger partial charge in [-0.3, -0.25) is 0 Å². The molecule has 0 radical (unpaired) electrons. The van der Waals surface area contributed by atoms with Crippen LogP contribution in [-0.2, 0) is 6.61 Å². The minimum Gasteiger partial charge on any atom is -0.399 e. The molecule has 21 heavy (non-hydrogen) atoms. The molecule has 0 unspecified atom stereocenters. The van der Waals surface area contributed by atoms with Crippen LogP contribution in [0, 0.1) is 0 Å². The van der Waals surface area contributed by atoms with Crippen LogP contribution in [0.4, 0.5) is 5.69 Å². The van der Waals surface area contributed by atoms with E-state index in [2.05, 4.69) is 21.4 Å². The average molecular weight is 288 g/mol. The number of aliphatic hydroxyl groups is 1. The Labute approximate surface area is 125 Å². The van der Waals surface area contributed by atoms with Crippen molar-refractivity contribution in [2.24, 2.45) is 0 Å². The minimum atomic E-state index is -0.0240. The third-order valence-electron chi connectivity index (χ3n) is 4.39. The molecule has 2 aromatic rings. The highest BCUT2D eigenvalue weighted by molar-refractivity contribution is 5.79. The van der Waals surface area contributed by atoms with Crippen molar-refractivity contribution in [1.29, 1.82) is 0 Å². The van der Waals surface area contributed by atoms with Crippen molar-refractivity contribution in [2.75, 3.05) is 25.4 Å². The van der Waals surface area contributed by atoms with Gasteiger partial charge in [0.15, 0.2) is 0 Å². The molecule has 0 spiro atoms. The summed E-state index contributed by atoms with van der Waals surface area (Å²) in [7, 11) is 0. The first kappa shape index (κ1) is 14.4. The number of nitrogens with zero attached hydrogens (tertiary/aromatic N) is 3. The number of nitrogen functional groups attached to an aromatic ring is 1. The van der Waals surface area contributed by atoms with Gasteiger partial charge in [-0.1, -0.05) is 6.92 Å². The van der Waals surface area contributed by atoms with Crippen molar-refractivity contribution in [3.05, 3.63) is 24.0 Å². The van der Waals surface area contributed by atoms with Gasteiger partial charge in [-0.25, -0.2) is 4.98 Å². The second-order valence-electron chi connectivity index (χ2n) is 5.88. The zero-order valence-corrected chi connectivity index (χ0v) is 12.6. The Hall–Kier alpha value is -1.59. The van der Waals surface area contributed by atoms with Crippen molar-refractivity contribution in [2.45, 2.75) is 38.8 Å². The number of aromatic nitrogens is 2. The normalized spacial score (nSPS) is 17.6. The van der Waals surface area contributed by atoms with Crippen LogP contribution in [0.15, 0.2) is 18.2 Å². The highest BCUT2D eigenvalue weighted by Crippen LogP contribution is 2.29. The predicted molar refractivity (Wildman–Crippen MR) is 85.1 cm³/mol. The van der Waals surface area contributed by atoms with Crippen LogP contribution in [-0.4, -0.2) is 39.2 Å². The quantitative estimate of drug-likeness (QED) is 0.846. The summed E-state index contributed by atoms with van der Waals surface area (Å²) in [6, 6.07) is 6.24. The highest BCUT2D eigenvalue weighted by Gasteiger charge is 2.23. The maximum atomic E-state index is 9.63.